The Hall–Kier alpha value is -1.30. The Morgan fingerprint density at radius 3 is 2.46 bits per heavy atom. The number of pyridine rings is 1. The lowest BCUT2D eigenvalue weighted by molar-refractivity contribution is 0.628. The van der Waals surface area contributed by atoms with Crippen molar-refractivity contribution >= 4 is 39.9 Å². The van der Waals surface area contributed by atoms with Gasteiger partial charge >= 0.3 is 0 Å². The number of nitrogens with zero attached hydrogens (tertiary/aromatic N) is 2. The van der Waals surface area contributed by atoms with Crippen LogP contribution in [-0.2, 0) is 11.0 Å². The highest BCUT2D eigenvalue weighted by molar-refractivity contribution is 7.85. The predicted octanol–water partition coefficient (Wildman–Crippen LogP) is 5.47. The molecule has 3 nitrogen and oxygen atoms in total. The zero-order valence-electron chi connectivity index (χ0n) is 13.7. The summed E-state index contributed by atoms with van der Waals surface area (Å²) in [5.74, 6) is -0.499. The fourth-order valence-electron chi connectivity index (χ4n) is 1.82. The normalized spacial score (nSPS) is 13.9. The lowest BCUT2D eigenvalue weighted by atomic mass is 10.1. The first-order valence-corrected chi connectivity index (χ1v) is 9.05. The summed E-state index contributed by atoms with van der Waals surface area (Å²) in [6.07, 6.45) is 0. The smallest absolute Gasteiger partial charge is 0.145 e. The van der Waals surface area contributed by atoms with Gasteiger partial charge in [-0.2, -0.15) is 4.40 Å². The molecule has 24 heavy (non-hydrogen) atoms. The van der Waals surface area contributed by atoms with Gasteiger partial charge in [-0.1, -0.05) is 23.2 Å². The highest BCUT2D eigenvalue weighted by atomic mass is 35.5. The third-order valence-corrected chi connectivity index (χ3v) is 5.14. The van der Waals surface area contributed by atoms with Crippen LogP contribution in [0.5, 0.6) is 0 Å². The van der Waals surface area contributed by atoms with E-state index in [1.54, 1.807) is 25.1 Å². The van der Waals surface area contributed by atoms with E-state index in [9.17, 15) is 8.60 Å². The Morgan fingerprint density at radius 2 is 1.88 bits per heavy atom. The van der Waals surface area contributed by atoms with Crippen molar-refractivity contribution in [2.75, 3.05) is 0 Å². The van der Waals surface area contributed by atoms with Gasteiger partial charge in [0.15, 0.2) is 0 Å². The molecule has 1 aromatic carbocycles. The Kier molecular flexibility index (Phi) is 5.78. The highest BCUT2D eigenvalue weighted by Crippen LogP contribution is 2.26. The third kappa shape index (κ3) is 4.62. The lowest BCUT2D eigenvalue weighted by Gasteiger charge is -2.14. The summed E-state index contributed by atoms with van der Waals surface area (Å²) in [4.78, 5) is 4.24. The first-order chi connectivity index (χ1) is 11.1. The topological polar surface area (TPSA) is 42.3 Å². The molecule has 0 bridgehead atoms. The monoisotopic (exact) mass is 386 g/mol. The van der Waals surface area contributed by atoms with Crippen molar-refractivity contribution in [2.45, 2.75) is 32.4 Å². The van der Waals surface area contributed by atoms with Crippen LogP contribution in [0.25, 0.3) is 11.3 Å². The van der Waals surface area contributed by atoms with E-state index in [2.05, 4.69) is 9.38 Å². The van der Waals surface area contributed by atoms with Crippen LogP contribution in [0.4, 0.5) is 4.39 Å². The van der Waals surface area contributed by atoms with Gasteiger partial charge in [-0.05, 0) is 58.0 Å². The molecule has 7 heteroatoms. The van der Waals surface area contributed by atoms with Gasteiger partial charge in [0.2, 0.25) is 0 Å². The van der Waals surface area contributed by atoms with Crippen LogP contribution in [0.15, 0.2) is 34.7 Å². The van der Waals surface area contributed by atoms with E-state index >= 15 is 0 Å². The van der Waals surface area contributed by atoms with Gasteiger partial charge in [-0.15, -0.1) is 0 Å². The molecule has 128 valence electrons. The maximum atomic E-state index is 13.3. The van der Waals surface area contributed by atoms with Crippen molar-refractivity contribution in [3.8, 4) is 11.3 Å². The fraction of sp³-hybridized carbons (Fsp3) is 0.294. The molecular weight excluding hydrogens is 370 g/mol. The van der Waals surface area contributed by atoms with Crippen LogP contribution in [-0.4, -0.2) is 19.7 Å². The van der Waals surface area contributed by atoms with Crippen molar-refractivity contribution in [3.63, 3.8) is 0 Å². The lowest BCUT2D eigenvalue weighted by Crippen LogP contribution is -2.20. The fourth-order valence-corrected chi connectivity index (χ4v) is 2.84. The SMILES string of the molecule is CC(=NS(=O)C(C)(C)C)c1cc(Cl)nc(-c2ccc(F)c(Cl)c2)c1. The second kappa shape index (κ2) is 7.30. The maximum Gasteiger partial charge on any atom is 0.145 e. The number of hydrogen-bond acceptors (Lipinski definition) is 2. The van der Waals surface area contributed by atoms with Crippen molar-refractivity contribution in [3.05, 3.63) is 51.9 Å². The van der Waals surface area contributed by atoms with Crippen LogP contribution >= 0.6 is 23.2 Å². The highest BCUT2D eigenvalue weighted by Gasteiger charge is 2.19. The zero-order valence-corrected chi connectivity index (χ0v) is 16.1. The molecule has 0 aliphatic carbocycles. The van der Waals surface area contributed by atoms with Gasteiger partial charge < -0.3 is 0 Å². The second-order valence-electron chi connectivity index (χ2n) is 6.23. The van der Waals surface area contributed by atoms with Crippen LogP contribution in [0.2, 0.25) is 10.2 Å². The minimum Gasteiger partial charge on any atom is -0.236 e. The van der Waals surface area contributed by atoms with E-state index in [1.807, 2.05) is 20.8 Å². The van der Waals surface area contributed by atoms with Crippen molar-refractivity contribution in [1.82, 2.24) is 4.98 Å². The summed E-state index contributed by atoms with van der Waals surface area (Å²) < 4.78 is 29.3. The third-order valence-electron chi connectivity index (χ3n) is 3.17. The largest absolute Gasteiger partial charge is 0.236 e. The molecule has 0 N–H and O–H groups in total. The van der Waals surface area contributed by atoms with E-state index in [0.717, 1.165) is 0 Å². The van der Waals surface area contributed by atoms with E-state index in [1.165, 1.54) is 12.1 Å². The molecule has 1 unspecified atom stereocenters. The van der Waals surface area contributed by atoms with Crippen LogP contribution in [0.3, 0.4) is 0 Å². The maximum absolute atomic E-state index is 13.3. The van der Waals surface area contributed by atoms with Crippen LogP contribution in [0.1, 0.15) is 33.3 Å². The van der Waals surface area contributed by atoms with E-state index < -0.39 is 21.5 Å². The first-order valence-electron chi connectivity index (χ1n) is 7.18. The summed E-state index contributed by atoms with van der Waals surface area (Å²) in [6.45, 7) is 7.32. The molecule has 0 aliphatic heterocycles. The average molecular weight is 387 g/mol. The summed E-state index contributed by atoms with van der Waals surface area (Å²) >= 11 is 11.9. The minimum absolute atomic E-state index is 0.00931. The number of benzene rings is 1. The molecular formula is C17H17Cl2FN2OS. The van der Waals surface area contributed by atoms with Gasteiger partial charge in [0.05, 0.1) is 21.2 Å². The molecule has 0 saturated carbocycles. The summed E-state index contributed by atoms with van der Waals surface area (Å²) in [5.41, 5.74) is 2.45. The molecule has 2 rings (SSSR count). The van der Waals surface area contributed by atoms with E-state index in [0.29, 0.717) is 22.5 Å². The molecule has 0 saturated heterocycles. The summed E-state index contributed by atoms with van der Waals surface area (Å²) in [7, 11) is -1.38. The summed E-state index contributed by atoms with van der Waals surface area (Å²) in [5, 5.41) is 0.272. The van der Waals surface area contributed by atoms with Gasteiger partial charge in [0, 0.05) is 11.1 Å². The van der Waals surface area contributed by atoms with Crippen LogP contribution in [0, 0.1) is 5.82 Å². The zero-order chi connectivity index (χ0) is 18.1. The minimum atomic E-state index is -1.38. The Labute approximate surface area is 153 Å². The Balaban J connectivity index is 2.47. The van der Waals surface area contributed by atoms with Crippen molar-refractivity contribution < 1.29 is 8.60 Å². The summed E-state index contributed by atoms with van der Waals surface area (Å²) in [6, 6.07) is 7.74. The molecule has 0 aliphatic rings. The van der Waals surface area contributed by atoms with Crippen LogP contribution < -0.4 is 0 Å². The molecule has 1 atom stereocenters. The molecule has 0 fully saturated rings. The molecule has 1 aromatic heterocycles. The number of rotatable bonds is 3. The number of hydrogen-bond donors (Lipinski definition) is 0. The van der Waals surface area contributed by atoms with E-state index in [-0.39, 0.29) is 10.2 Å². The molecule has 1 heterocycles. The number of halogens is 3. The van der Waals surface area contributed by atoms with Gasteiger partial charge in [0.1, 0.15) is 22.0 Å². The molecule has 0 spiro atoms. The Morgan fingerprint density at radius 1 is 1.21 bits per heavy atom. The second-order valence-corrected chi connectivity index (χ2v) is 8.93. The predicted molar refractivity (Wildman–Crippen MR) is 99.8 cm³/mol. The van der Waals surface area contributed by atoms with Crippen molar-refractivity contribution in [1.29, 1.82) is 0 Å². The molecule has 0 amide bonds. The average Bonchev–Trinajstić information content (AvgIpc) is 2.48. The first kappa shape index (κ1) is 19.0. The van der Waals surface area contributed by atoms with Crippen molar-refractivity contribution in [2.24, 2.45) is 4.40 Å². The van der Waals surface area contributed by atoms with Gasteiger partial charge in [-0.3, -0.25) is 0 Å². The Bertz CT molecular complexity index is 832. The van der Waals surface area contributed by atoms with E-state index in [4.69, 9.17) is 23.2 Å². The standard InChI is InChI=1S/C17H17Cl2FN2OS/c1-10(22-24(23)17(2,3)4)12-8-15(21-16(19)9-12)11-5-6-14(20)13(18)7-11/h5-9H,1-4H3. The number of aromatic nitrogens is 1. The molecule has 2 aromatic rings. The van der Waals surface area contributed by atoms with Gasteiger partial charge in [0.25, 0.3) is 0 Å². The van der Waals surface area contributed by atoms with Gasteiger partial charge in [-0.25, -0.2) is 13.6 Å². The molecule has 0 radical (unpaired) electrons. The quantitative estimate of drug-likeness (QED) is 0.518.